The van der Waals surface area contributed by atoms with Crippen LogP contribution in [0.25, 0.3) is 32.9 Å². The number of ether oxygens (including phenoxy) is 1. The summed E-state index contributed by atoms with van der Waals surface area (Å²) < 4.78 is 35.5. The van der Waals surface area contributed by atoms with Gasteiger partial charge in [-0.15, -0.1) is 6.42 Å². The van der Waals surface area contributed by atoms with E-state index < -0.39 is 12.0 Å². The first-order valence-electron chi connectivity index (χ1n) is 15.0. The number of halogens is 2. The van der Waals surface area contributed by atoms with Crippen molar-refractivity contribution in [3.63, 3.8) is 0 Å². The number of fused-ring (bicyclic) bond motifs is 5. The van der Waals surface area contributed by atoms with Crippen LogP contribution in [0, 0.1) is 18.2 Å². The first kappa shape index (κ1) is 26.5. The van der Waals surface area contributed by atoms with E-state index in [0.29, 0.717) is 70.4 Å². The van der Waals surface area contributed by atoms with E-state index in [9.17, 15) is 13.9 Å². The molecule has 0 aliphatic carbocycles. The number of benzene rings is 2. The fourth-order valence-electron chi connectivity index (χ4n) is 7.83. The zero-order valence-corrected chi connectivity index (χ0v) is 23.7. The highest BCUT2D eigenvalue weighted by Gasteiger charge is 2.49. The molecule has 2 N–H and O–H groups in total. The third-order valence-corrected chi connectivity index (χ3v) is 9.75. The van der Waals surface area contributed by atoms with Crippen molar-refractivity contribution in [1.29, 1.82) is 0 Å². The molecule has 43 heavy (non-hydrogen) atoms. The van der Waals surface area contributed by atoms with Crippen LogP contribution in [0.1, 0.15) is 37.7 Å². The lowest BCUT2D eigenvalue weighted by Crippen LogP contribution is -2.51. The first-order valence-corrected chi connectivity index (χ1v) is 15.0. The minimum Gasteiger partial charge on any atom is -0.508 e. The molecule has 8 rings (SSSR count). The zero-order chi connectivity index (χ0) is 29.3. The van der Waals surface area contributed by atoms with Crippen molar-refractivity contribution >= 4 is 27.6 Å². The second kappa shape index (κ2) is 10.00. The van der Waals surface area contributed by atoms with Crippen molar-refractivity contribution in [3.05, 3.63) is 47.9 Å². The number of terminal acetylenes is 1. The summed E-state index contributed by atoms with van der Waals surface area (Å²) >= 11 is 0. The Morgan fingerprint density at radius 3 is 2.79 bits per heavy atom. The summed E-state index contributed by atoms with van der Waals surface area (Å²) in [6.45, 7) is 3.24. The van der Waals surface area contributed by atoms with Crippen LogP contribution < -0.4 is 15.0 Å². The SMILES string of the molecule is C#Cc1c(F)ccc2cc(O)cc(-c3cnc4c(N5CC6CCC(C5)N6)nc(OCC56CCCN5C[C@H](F)C6)nc4c3)c12. The monoisotopic (exact) mass is 582 g/mol. The highest BCUT2D eigenvalue weighted by atomic mass is 19.1. The van der Waals surface area contributed by atoms with E-state index >= 15 is 0 Å². The van der Waals surface area contributed by atoms with Crippen molar-refractivity contribution in [1.82, 2.24) is 25.2 Å². The predicted molar refractivity (Wildman–Crippen MR) is 161 cm³/mol. The number of nitrogens with zero attached hydrogens (tertiary/aromatic N) is 5. The lowest BCUT2D eigenvalue weighted by molar-refractivity contribution is 0.107. The molecule has 6 heterocycles. The summed E-state index contributed by atoms with van der Waals surface area (Å²) in [5.74, 6) is 2.71. The van der Waals surface area contributed by atoms with Crippen LogP contribution in [0.5, 0.6) is 11.8 Å². The second-order valence-electron chi connectivity index (χ2n) is 12.5. The molecule has 4 aromatic rings. The number of aromatic hydroxyl groups is 1. The molecule has 4 fully saturated rings. The van der Waals surface area contributed by atoms with Crippen LogP contribution in [-0.2, 0) is 0 Å². The lowest BCUT2D eigenvalue weighted by Gasteiger charge is -2.34. The number of nitrogens with one attached hydrogen (secondary N) is 1. The van der Waals surface area contributed by atoms with Gasteiger partial charge in [0.25, 0.3) is 0 Å². The van der Waals surface area contributed by atoms with Gasteiger partial charge in [0.15, 0.2) is 5.82 Å². The summed E-state index contributed by atoms with van der Waals surface area (Å²) in [5, 5.41) is 15.4. The Kier molecular flexibility index (Phi) is 6.17. The van der Waals surface area contributed by atoms with Gasteiger partial charge in [0, 0.05) is 55.3 Å². The molecule has 0 amide bonds. The molecular weight excluding hydrogens is 550 g/mol. The van der Waals surface area contributed by atoms with Gasteiger partial charge in [-0.1, -0.05) is 12.0 Å². The van der Waals surface area contributed by atoms with Crippen LogP contribution in [-0.4, -0.2) is 81.5 Å². The number of pyridine rings is 1. The quantitative estimate of drug-likeness (QED) is 0.331. The molecular formula is C33H32F2N6O2. The van der Waals surface area contributed by atoms with Gasteiger partial charge in [-0.25, -0.2) is 8.78 Å². The topological polar surface area (TPSA) is 86.6 Å². The summed E-state index contributed by atoms with van der Waals surface area (Å²) in [6.07, 6.45) is 11.2. The average Bonchev–Trinajstić information content (AvgIpc) is 3.65. The normalized spacial score (nSPS) is 26.7. The van der Waals surface area contributed by atoms with Crippen LogP contribution in [0.15, 0.2) is 36.5 Å². The van der Waals surface area contributed by atoms with Gasteiger partial charge in [-0.3, -0.25) is 9.88 Å². The average molecular weight is 583 g/mol. The Hall–Kier alpha value is -4.07. The zero-order valence-electron chi connectivity index (χ0n) is 23.7. The van der Waals surface area contributed by atoms with Gasteiger partial charge in [0.2, 0.25) is 0 Å². The number of phenolic OH excluding ortho intramolecular Hbond substituents is 1. The van der Waals surface area contributed by atoms with Gasteiger partial charge in [-0.05, 0) is 67.4 Å². The summed E-state index contributed by atoms with van der Waals surface area (Å²) in [7, 11) is 0. The van der Waals surface area contributed by atoms with Gasteiger partial charge in [0.1, 0.15) is 29.9 Å². The smallest absolute Gasteiger partial charge is 0.319 e. The fourth-order valence-corrected chi connectivity index (χ4v) is 7.83. The molecule has 3 unspecified atom stereocenters. The largest absolute Gasteiger partial charge is 0.508 e. The second-order valence-corrected chi connectivity index (χ2v) is 12.5. The molecule has 2 aromatic carbocycles. The van der Waals surface area contributed by atoms with Crippen LogP contribution >= 0.6 is 0 Å². The number of rotatable bonds is 5. The predicted octanol–water partition coefficient (Wildman–Crippen LogP) is 4.57. The maximum Gasteiger partial charge on any atom is 0.319 e. The minimum absolute atomic E-state index is 0.0315. The maximum atomic E-state index is 14.8. The number of alkyl halides is 1. The highest BCUT2D eigenvalue weighted by molar-refractivity contribution is 6.03. The van der Waals surface area contributed by atoms with Gasteiger partial charge in [-0.2, -0.15) is 9.97 Å². The summed E-state index contributed by atoms with van der Waals surface area (Å²) in [4.78, 5) is 19.0. The van der Waals surface area contributed by atoms with Crippen LogP contribution in [0.4, 0.5) is 14.6 Å². The van der Waals surface area contributed by atoms with E-state index in [2.05, 4.69) is 21.0 Å². The lowest BCUT2D eigenvalue weighted by atomic mass is 9.94. The molecule has 0 saturated carbocycles. The van der Waals surface area contributed by atoms with E-state index in [4.69, 9.17) is 26.1 Å². The van der Waals surface area contributed by atoms with Crippen molar-refractivity contribution in [2.24, 2.45) is 0 Å². The van der Waals surface area contributed by atoms with Gasteiger partial charge in [0.05, 0.1) is 16.6 Å². The maximum absolute atomic E-state index is 14.8. The molecule has 10 heteroatoms. The van der Waals surface area contributed by atoms with Crippen LogP contribution in [0.3, 0.4) is 0 Å². The van der Waals surface area contributed by atoms with Gasteiger partial charge >= 0.3 is 6.01 Å². The molecule has 2 aromatic heterocycles. The van der Waals surface area contributed by atoms with Crippen molar-refractivity contribution in [2.45, 2.75) is 55.9 Å². The Morgan fingerprint density at radius 2 is 1.98 bits per heavy atom. The molecule has 2 bridgehead atoms. The molecule has 4 aliphatic heterocycles. The summed E-state index contributed by atoms with van der Waals surface area (Å²) in [5.41, 5.74) is 2.18. The number of phenols is 1. The Bertz CT molecular complexity index is 1800. The molecule has 220 valence electrons. The molecule has 0 spiro atoms. The number of hydrogen-bond acceptors (Lipinski definition) is 8. The minimum atomic E-state index is -0.852. The Morgan fingerprint density at radius 1 is 1.14 bits per heavy atom. The van der Waals surface area contributed by atoms with E-state index in [1.807, 2.05) is 6.07 Å². The number of hydrogen-bond donors (Lipinski definition) is 2. The standard InChI is InChI=1S/C33H32F2N6O2/c1-2-25-27(35)7-4-19-10-24(42)12-26(29(19)25)20-11-28-30(36-14-20)31(40-16-22-5-6-23(17-40)37-22)39-32(38-28)43-18-33-8-3-9-41(33)15-21(34)13-33/h1,4,7,10-12,14,21-23,37,42H,3,5-6,8-9,13,15-18H2/t21-,22?,23?,33?/m1/s1. The van der Waals surface area contributed by atoms with Crippen molar-refractivity contribution < 1.29 is 18.6 Å². The van der Waals surface area contributed by atoms with E-state index in [1.54, 1.807) is 24.4 Å². The van der Waals surface area contributed by atoms with Gasteiger partial charge < -0.3 is 20.1 Å². The van der Waals surface area contributed by atoms with E-state index in [1.165, 1.54) is 6.07 Å². The molecule has 8 nitrogen and oxygen atoms in total. The number of anilines is 1. The first-order chi connectivity index (χ1) is 20.9. The van der Waals surface area contributed by atoms with E-state index in [0.717, 1.165) is 45.3 Å². The summed E-state index contributed by atoms with van der Waals surface area (Å²) in [6, 6.07) is 8.91. The molecule has 4 saturated heterocycles. The van der Waals surface area contributed by atoms with Crippen molar-refractivity contribution in [3.8, 4) is 35.2 Å². The Labute approximate surface area is 248 Å². The third-order valence-electron chi connectivity index (χ3n) is 9.75. The Balaban J connectivity index is 1.24. The van der Waals surface area contributed by atoms with Crippen LogP contribution in [0.2, 0.25) is 0 Å². The van der Waals surface area contributed by atoms with Crippen molar-refractivity contribution in [2.75, 3.05) is 37.7 Å². The molecule has 0 radical (unpaired) electrons. The molecule has 4 atom stereocenters. The van der Waals surface area contributed by atoms with E-state index in [-0.39, 0.29) is 22.9 Å². The highest BCUT2D eigenvalue weighted by Crippen LogP contribution is 2.41. The fraction of sp³-hybridized carbons (Fsp3) is 0.424. The number of piperazine rings is 1. The molecule has 4 aliphatic rings. The number of aromatic nitrogens is 3. The third kappa shape index (κ3) is 4.45.